The van der Waals surface area contributed by atoms with E-state index in [2.05, 4.69) is 34.6 Å². The van der Waals surface area contributed by atoms with Gasteiger partial charge in [-0.1, -0.05) is 36.4 Å². The normalized spacial score (nSPS) is 24.9. The third kappa shape index (κ3) is 3.52. The second-order valence-electron chi connectivity index (χ2n) is 6.59. The van der Waals surface area contributed by atoms with Gasteiger partial charge in [-0.05, 0) is 23.6 Å². The minimum Gasteiger partial charge on any atom is -0.338 e. The first-order chi connectivity index (χ1) is 11.3. The first-order valence-corrected chi connectivity index (χ1v) is 8.23. The van der Waals surface area contributed by atoms with Gasteiger partial charge in [0.2, 0.25) is 5.91 Å². The van der Waals surface area contributed by atoms with Gasteiger partial charge in [0.15, 0.2) is 0 Å². The van der Waals surface area contributed by atoms with Crippen molar-refractivity contribution in [3.63, 3.8) is 0 Å². The molecule has 1 spiro atoms. The van der Waals surface area contributed by atoms with Gasteiger partial charge in [0, 0.05) is 44.5 Å². The lowest BCUT2D eigenvalue weighted by atomic mass is 9.73. The molecular weight excluding hydrogens is 357 g/mol. The van der Waals surface area contributed by atoms with Crippen LogP contribution in [0.15, 0.2) is 54.9 Å². The van der Waals surface area contributed by atoms with E-state index in [4.69, 9.17) is 0 Å². The van der Waals surface area contributed by atoms with Crippen LogP contribution in [0.2, 0.25) is 0 Å². The summed E-state index contributed by atoms with van der Waals surface area (Å²) in [6.45, 7) is 3.17. The van der Waals surface area contributed by atoms with E-state index >= 15 is 0 Å². The van der Waals surface area contributed by atoms with Crippen LogP contribution >= 0.6 is 24.8 Å². The molecule has 6 heteroatoms. The molecule has 1 N–H and O–H groups in total. The van der Waals surface area contributed by atoms with Gasteiger partial charge in [-0.15, -0.1) is 24.8 Å². The average Bonchev–Trinajstić information content (AvgIpc) is 3.17. The second-order valence-corrected chi connectivity index (χ2v) is 6.59. The number of hydrogen-bond acceptors (Lipinski definition) is 3. The highest BCUT2D eigenvalue weighted by molar-refractivity contribution is 5.87. The molecular formula is C19H23Cl2N3O. The molecule has 0 saturated carbocycles. The van der Waals surface area contributed by atoms with Crippen LogP contribution in [0.25, 0.3) is 0 Å². The van der Waals surface area contributed by atoms with Crippen LogP contribution in [-0.4, -0.2) is 35.4 Å². The number of nitrogens with zero attached hydrogens (tertiary/aromatic N) is 2. The monoisotopic (exact) mass is 379 g/mol. The first-order valence-electron chi connectivity index (χ1n) is 8.23. The lowest BCUT2D eigenvalue weighted by molar-refractivity contribution is -0.136. The molecule has 2 aromatic rings. The summed E-state index contributed by atoms with van der Waals surface area (Å²) in [5.74, 6) is 0.565. The predicted octanol–water partition coefficient (Wildman–Crippen LogP) is 3.03. The number of aromatic nitrogens is 1. The number of rotatable bonds is 3. The third-order valence-corrected chi connectivity index (χ3v) is 5.30. The molecule has 3 heterocycles. The Morgan fingerprint density at radius 2 is 1.96 bits per heavy atom. The van der Waals surface area contributed by atoms with E-state index in [1.54, 1.807) is 6.20 Å². The molecule has 2 aliphatic rings. The molecule has 0 unspecified atom stereocenters. The Hall–Kier alpha value is -1.62. The number of carbonyl (C=O) groups excluding carboxylic acids is 1. The Labute approximate surface area is 160 Å². The smallest absolute Gasteiger partial charge is 0.231 e. The zero-order valence-electron chi connectivity index (χ0n) is 13.9. The minimum atomic E-state index is -0.274. The van der Waals surface area contributed by atoms with Gasteiger partial charge in [-0.25, -0.2) is 0 Å². The van der Waals surface area contributed by atoms with E-state index < -0.39 is 0 Å². The molecule has 0 bridgehead atoms. The summed E-state index contributed by atoms with van der Waals surface area (Å²) in [7, 11) is 0. The van der Waals surface area contributed by atoms with E-state index in [1.807, 2.05) is 29.3 Å². The molecule has 2 atom stereocenters. The summed E-state index contributed by atoms with van der Waals surface area (Å²) in [6.07, 6.45) is 4.54. The molecule has 25 heavy (non-hydrogen) atoms. The summed E-state index contributed by atoms with van der Waals surface area (Å²) >= 11 is 0. The molecule has 4 rings (SSSR count). The molecule has 134 valence electrons. The second kappa shape index (κ2) is 8.17. The fourth-order valence-electron chi connectivity index (χ4n) is 4.09. The van der Waals surface area contributed by atoms with E-state index in [9.17, 15) is 4.79 Å². The summed E-state index contributed by atoms with van der Waals surface area (Å²) in [5, 5.41) is 3.46. The van der Waals surface area contributed by atoms with Gasteiger partial charge in [0.1, 0.15) is 0 Å². The predicted molar refractivity (Wildman–Crippen MR) is 103 cm³/mol. The van der Waals surface area contributed by atoms with Crippen molar-refractivity contribution in [1.82, 2.24) is 15.2 Å². The number of halogens is 2. The van der Waals surface area contributed by atoms with Gasteiger partial charge >= 0.3 is 0 Å². The van der Waals surface area contributed by atoms with Gasteiger partial charge in [-0.2, -0.15) is 0 Å². The SMILES string of the molecule is Cl.Cl.O=C1N(Cc2cccnc2)CC[C@]12CNC[C@H]2c1ccccc1. The Balaban J connectivity index is 0.00000113. The number of carbonyl (C=O) groups is 1. The number of pyridine rings is 1. The van der Waals surface area contributed by atoms with Crippen LogP contribution in [-0.2, 0) is 11.3 Å². The van der Waals surface area contributed by atoms with Crippen LogP contribution in [0.1, 0.15) is 23.5 Å². The Bertz CT molecular complexity index is 698. The van der Waals surface area contributed by atoms with Gasteiger partial charge in [-0.3, -0.25) is 9.78 Å². The van der Waals surface area contributed by atoms with Gasteiger partial charge in [0.05, 0.1) is 5.41 Å². The maximum Gasteiger partial charge on any atom is 0.231 e. The van der Waals surface area contributed by atoms with Crippen LogP contribution < -0.4 is 5.32 Å². The molecule has 1 amide bonds. The van der Waals surface area contributed by atoms with E-state index in [-0.39, 0.29) is 36.1 Å². The zero-order chi connectivity index (χ0) is 15.7. The third-order valence-electron chi connectivity index (χ3n) is 5.30. The molecule has 2 fully saturated rings. The summed E-state index contributed by atoms with van der Waals surface area (Å²) in [5.41, 5.74) is 2.10. The van der Waals surface area contributed by atoms with Crippen LogP contribution in [0.3, 0.4) is 0 Å². The van der Waals surface area contributed by atoms with Crippen molar-refractivity contribution in [1.29, 1.82) is 0 Å². The summed E-state index contributed by atoms with van der Waals surface area (Å²) < 4.78 is 0. The van der Waals surface area contributed by atoms with Crippen molar-refractivity contribution in [3.8, 4) is 0 Å². The highest BCUT2D eigenvalue weighted by Gasteiger charge is 2.54. The first kappa shape index (κ1) is 19.7. The molecule has 0 aliphatic carbocycles. The van der Waals surface area contributed by atoms with Crippen molar-refractivity contribution in [2.24, 2.45) is 5.41 Å². The zero-order valence-corrected chi connectivity index (χ0v) is 15.6. The molecule has 0 radical (unpaired) electrons. The van der Waals surface area contributed by atoms with Crippen LogP contribution in [0, 0.1) is 5.41 Å². The van der Waals surface area contributed by atoms with Gasteiger partial charge < -0.3 is 10.2 Å². The van der Waals surface area contributed by atoms with Crippen LogP contribution in [0.4, 0.5) is 0 Å². The van der Waals surface area contributed by atoms with Crippen molar-refractivity contribution in [3.05, 3.63) is 66.0 Å². The number of amides is 1. The lowest BCUT2D eigenvalue weighted by Gasteiger charge is -2.29. The Morgan fingerprint density at radius 3 is 2.68 bits per heavy atom. The van der Waals surface area contributed by atoms with Gasteiger partial charge in [0.25, 0.3) is 0 Å². The molecule has 4 nitrogen and oxygen atoms in total. The topological polar surface area (TPSA) is 45.2 Å². The standard InChI is InChI=1S/C19H21N3O.2ClH/c23-18-19(8-10-22(18)13-15-5-4-9-20-11-15)14-21-12-17(19)16-6-2-1-3-7-16;;/h1-7,9,11,17,21H,8,10,12-14H2;2*1H/t17-,19+;;/m0../s1. The molecule has 1 aromatic heterocycles. The van der Waals surface area contributed by atoms with Crippen molar-refractivity contribution in [2.75, 3.05) is 19.6 Å². The summed E-state index contributed by atoms with van der Waals surface area (Å²) in [6, 6.07) is 14.4. The fraction of sp³-hybridized carbons (Fsp3) is 0.368. The lowest BCUT2D eigenvalue weighted by Crippen LogP contribution is -2.39. The maximum absolute atomic E-state index is 13.2. The average molecular weight is 380 g/mol. The van der Waals surface area contributed by atoms with Crippen LogP contribution in [0.5, 0.6) is 0 Å². The number of benzene rings is 1. The Morgan fingerprint density at radius 1 is 1.16 bits per heavy atom. The molecule has 2 saturated heterocycles. The largest absolute Gasteiger partial charge is 0.338 e. The van der Waals surface area contributed by atoms with Crippen molar-refractivity contribution in [2.45, 2.75) is 18.9 Å². The quantitative estimate of drug-likeness (QED) is 0.891. The number of hydrogen-bond donors (Lipinski definition) is 1. The molecule has 2 aliphatic heterocycles. The number of nitrogens with one attached hydrogen (secondary N) is 1. The fourth-order valence-corrected chi connectivity index (χ4v) is 4.09. The number of likely N-dealkylation sites (tertiary alicyclic amines) is 1. The highest BCUT2D eigenvalue weighted by Crippen LogP contribution is 2.47. The van der Waals surface area contributed by atoms with Crippen molar-refractivity contribution < 1.29 is 4.79 Å². The van der Waals surface area contributed by atoms with E-state index in [0.29, 0.717) is 12.5 Å². The Kier molecular flexibility index (Phi) is 6.44. The maximum atomic E-state index is 13.2. The molecule has 1 aromatic carbocycles. The summed E-state index contributed by atoms with van der Waals surface area (Å²) in [4.78, 5) is 19.3. The van der Waals surface area contributed by atoms with E-state index in [1.165, 1.54) is 5.56 Å². The van der Waals surface area contributed by atoms with E-state index in [0.717, 1.165) is 31.6 Å². The highest BCUT2D eigenvalue weighted by atomic mass is 35.5. The minimum absolute atomic E-state index is 0. The van der Waals surface area contributed by atoms with Crippen molar-refractivity contribution >= 4 is 30.7 Å².